The van der Waals surface area contributed by atoms with Gasteiger partial charge < -0.3 is 15.5 Å². The molecule has 0 bridgehead atoms. The minimum atomic E-state index is -0.525. The minimum absolute atomic E-state index is 0.251. The summed E-state index contributed by atoms with van der Waals surface area (Å²) in [6.07, 6.45) is -0.525. The Morgan fingerprint density at radius 3 is 2.38 bits per heavy atom. The Kier molecular flexibility index (Phi) is 4.33. The van der Waals surface area contributed by atoms with Crippen molar-refractivity contribution in [1.82, 2.24) is 5.32 Å². The maximum Gasteiger partial charge on any atom is 0.119 e. The fourth-order valence-corrected chi connectivity index (χ4v) is 1.85. The van der Waals surface area contributed by atoms with Crippen LogP contribution >= 0.6 is 0 Å². The third kappa shape index (κ3) is 2.74. The zero-order chi connectivity index (χ0) is 12.3. The molecule has 0 spiro atoms. The molecule has 0 radical (unpaired) electrons. The van der Waals surface area contributed by atoms with E-state index in [4.69, 9.17) is 0 Å². The van der Waals surface area contributed by atoms with Gasteiger partial charge in [-0.3, -0.25) is 0 Å². The molecule has 0 heterocycles. The number of hydrogen-bond donors (Lipinski definition) is 3. The van der Waals surface area contributed by atoms with Gasteiger partial charge in [0.15, 0.2) is 0 Å². The maximum atomic E-state index is 9.95. The number of nitrogens with one attached hydrogen (secondary N) is 1. The first-order valence-electron chi connectivity index (χ1n) is 5.63. The number of benzene rings is 1. The fourth-order valence-electron chi connectivity index (χ4n) is 1.85. The molecular weight excluding hydrogens is 202 g/mol. The smallest absolute Gasteiger partial charge is 0.119 e. The van der Waals surface area contributed by atoms with Crippen LogP contribution in [0.5, 0.6) is 5.75 Å². The van der Waals surface area contributed by atoms with Gasteiger partial charge in [-0.15, -0.1) is 0 Å². The first-order valence-corrected chi connectivity index (χ1v) is 5.63. The van der Waals surface area contributed by atoms with Crippen LogP contribution in [0.4, 0.5) is 0 Å². The maximum absolute atomic E-state index is 9.95. The number of aliphatic hydroxyl groups excluding tert-OH is 1. The van der Waals surface area contributed by atoms with Gasteiger partial charge in [0.25, 0.3) is 0 Å². The van der Waals surface area contributed by atoms with Crippen LogP contribution < -0.4 is 5.32 Å². The molecule has 1 aromatic rings. The summed E-state index contributed by atoms with van der Waals surface area (Å²) in [6.45, 7) is 6.47. The lowest BCUT2D eigenvalue weighted by Gasteiger charge is -2.17. The number of hydrogen-bond acceptors (Lipinski definition) is 3. The van der Waals surface area contributed by atoms with E-state index in [0.717, 1.165) is 16.7 Å². The first kappa shape index (κ1) is 13.0. The lowest BCUT2D eigenvalue weighted by Crippen LogP contribution is -2.17. The topological polar surface area (TPSA) is 52.5 Å². The van der Waals surface area contributed by atoms with Gasteiger partial charge >= 0.3 is 0 Å². The highest BCUT2D eigenvalue weighted by Crippen LogP contribution is 2.31. The van der Waals surface area contributed by atoms with E-state index in [9.17, 15) is 10.2 Å². The van der Waals surface area contributed by atoms with Gasteiger partial charge in [-0.2, -0.15) is 0 Å². The highest BCUT2D eigenvalue weighted by molar-refractivity contribution is 5.43. The molecule has 0 aromatic heterocycles. The third-order valence-electron chi connectivity index (χ3n) is 2.79. The number of likely N-dealkylation sites (N-methyl/N-ethyl adjacent to an activating group) is 1. The molecule has 0 amide bonds. The summed E-state index contributed by atoms with van der Waals surface area (Å²) in [6, 6.07) is 3.63. The average molecular weight is 223 g/mol. The van der Waals surface area contributed by atoms with Crippen LogP contribution in [0, 0.1) is 6.92 Å². The molecule has 1 aromatic carbocycles. The van der Waals surface area contributed by atoms with Gasteiger partial charge in [0.1, 0.15) is 5.75 Å². The minimum Gasteiger partial charge on any atom is -0.508 e. The van der Waals surface area contributed by atoms with E-state index in [1.807, 2.05) is 33.9 Å². The van der Waals surface area contributed by atoms with Crippen LogP contribution in [0.3, 0.4) is 0 Å². The van der Waals surface area contributed by atoms with E-state index in [0.29, 0.717) is 12.3 Å². The van der Waals surface area contributed by atoms with Crippen LogP contribution in [-0.2, 0) is 0 Å². The number of rotatable bonds is 4. The zero-order valence-corrected chi connectivity index (χ0v) is 10.4. The van der Waals surface area contributed by atoms with E-state index in [1.165, 1.54) is 0 Å². The van der Waals surface area contributed by atoms with E-state index < -0.39 is 6.10 Å². The molecule has 1 unspecified atom stereocenters. The molecule has 1 rings (SSSR count). The Labute approximate surface area is 97.1 Å². The quantitative estimate of drug-likeness (QED) is 0.732. The summed E-state index contributed by atoms with van der Waals surface area (Å²) in [5.41, 5.74) is 2.69. The number of phenolic OH excluding ortho intramolecular Hbond substituents is 1. The Morgan fingerprint density at radius 1 is 1.25 bits per heavy atom. The van der Waals surface area contributed by atoms with Crippen molar-refractivity contribution in [3.63, 3.8) is 0 Å². The van der Waals surface area contributed by atoms with Crippen molar-refractivity contribution in [2.75, 3.05) is 13.6 Å². The molecule has 0 saturated heterocycles. The Hall–Kier alpha value is -1.06. The Morgan fingerprint density at radius 2 is 1.88 bits per heavy atom. The van der Waals surface area contributed by atoms with Gasteiger partial charge in [-0.05, 0) is 48.7 Å². The molecule has 0 fully saturated rings. The van der Waals surface area contributed by atoms with Crippen LogP contribution in [0.15, 0.2) is 12.1 Å². The molecule has 1 atom stereocenters. The Balaban J connectivity index is 3.14. The largest absolute Gasteiger partial charge is 0.508 e. The Bertz CT molecular complexity index is 361. The average Bonchev–Trinajstić information content (AvgIpc) is 2.17. The predicted molar refractivity (Wildman–Crippen MR) is 65.8 cm³/mol. The molecule has 16 heavy (non-hydrogen) atoms. The summed E-state index contributed by atoms with van der Waals surface area (Å²) in [5.74, 6) is 0.564. The van der Waals surface area contributed by atoms with Crippen LogP contribution in [0.25, 0.3) is 0 Å². The molecular formula is C13H21NO2. The summed E-state index contributed by atoms with van der Waals surface area (Å²) in [4.78, 5) is 0. The van der Waals surface area contributed by atoms with Gasteiger partial charge in [0, 0.05) is 6.54 Å². The van der Waals surface area contributed by atoms with Gasteiger partial charge in [-0.25, -0.2) is 0 Å². The van der Waals surface area contributed by atoms with Gasteiger partial charge in [-0.1, -0.05) is 13.8 Å². The lowest BCUT2D eigenvalue weighted by atomic mass is 9.94. The summed E-state index contributed by atoms with van der Waals surface area (Å²) in [5, 5.41) is 22.7. The van der Waals surface area contributed by atoms with Gasteiger partial charge in [0.2, 0.25) is 0 Å². The number of aryl methyl sites for hydroxylation is 1. The van der Waals surface area contributed by atoms with E-state index in [1.54, 1.807) is 6.07 Å². The second-order valence-corrected chi connectivity index (χ2v) is 4.50. The predicted octanol–water partition coefficient (Wildman–Crippen LogP) is 2.08. The molecule has 3 N–H and O–H groups in total. The van der Waals surface area contributed by atoms with Crippen molar-refractivity contribution in [2.45, 2.75) is 32.8 Å². The van der Waals surface area contributed by atoms with Crippen LogP contribution in [0.1, 0.15) is 42.6 Å². The van der Waals surface area contributed by atoms with Crippen molar-refractivity contribution in [3.05, 3.63) is 28.8 Å². The normalized spacial score (nSPS) is 13.1. The van der Waals surface area contributed by atoms with Crippen molar-refractivity contribution in [2.24, 2.45) is 0 Å². The molecule has 90 valence electrons. The van der Waals surface area contributed by atoms with E-state index in [-0.39, 0.29) is 5.92 Å². The van der Waals surface area contributed by atoms with E-state index in [2.05, 4.69) is 5.32 Å². The number of phenols is 1. The number of aliphatic hydroxyl groups is 1. The van der Waals surface area contributed by atoms with Crippen molar-refractivity contribution in [1.29, 1.82) is 0 Å². The molecule has 0 aliphatic rings. The first-order chi connectivity index (χ1) is 7.47. The van der Waals surface area contributed by atoms with Gasteiger partial charge in [0.05, 0.1) is 6.10 Å². The molecule has 0 saturated carbocycles. The molecule has 0 aliphatic heterocycles. The SMILES string of the molecule is CNCC(O)c1cc(C(C)C)c(O)cc1C. The van der Waals surface area contributed by atoms with E-state index >= 15 is 0 Å². The summed E-state index contributed by atoms with van der Waals surface area (Å²) >= 11 is 0. The second kappa shape index (κ2) is 5.32. The zero-order valence-electron chi connectivity index (χ0n) is 10.4. The molecule has 3 heteroatoms. The monoisotopic (exact) mass is 223 g/mol. The summed E-state index contributed by atoms with van der Waals surface area (Å²) < 4.78 is 0. The van der Waals surface area contributed by atoms with Crippen molar-refractivity contribution in [3.8, 4) is 5.75 Å². The van der Waals surface area contributed by atoms with Crippen molar-refractivity contribution < 1.29 is 10.2 Å². The highest BCUT2D eigenvalue weighted by Gasteiger charge is 2.14. The number of aromatic hydroxyl groups is 1. The van der Waals surface area contributed by atoms with Crippen molar-refractivity contribution >= 4 is 0 Å². The van der Waals surface area contributed by atoms with Crippen LogP contribution in [-0.4, -0.2) is 23.8 Å². The summed E-state index contributed by atoms with van der Waals surface area (Å²) in [7, 11) is 1.81. The standard InChI is InChI=1S/C13H21NO2/c1-8(2)10-6-11(13(16)7-14-4)9(3)5-12(10)15/h5-6,8,13-16H,7H2,1-4H3. The van der Waals surface area contributed by atoms with Crippen LogP contribution in [0.2, 0.25) is 0 Å². The molecule has 3 nitrogen and oxygen atoms in total. The fraction of sp³-hybridized carbons (Fsp3) is 0.538. The lowest BCUT2D eigenvalue weighted by molar-refractivity contribution is 0.177. The third-order valence-corrected chi connectivity index (χ3v) is 2.79. The highest BCUT2D eigenvalue weighted by atomic mass is 16.3. The molecule has 0 aliphatic carbocycles. The second-order valence-electron chi connectivity index (χ2n) is 4.50.